The number of aliphatic hydroxyl groups excluding tert-OH is 1. The molecule has 8 nitrogen and oxygen atoms in total. The van der Waals surface area contributed by atoms with Crippen LogP contribution in [0.15, 0.2) is 66.3 Å². The number of benzene rings is 2. The van der Waals surface area contributed by atoms with Crippen molar-refractivity contribution in [3.8, 4) is 5.75 Å². The molecule has 1 aliphatic carbocycles. The van der Waals surface area contributed by atoms with Crippen molar-refractivity contribution >= 4 is 17.7 Å². The molecule has 0 bridgehead atoms. The van der Waals surface area contributed by atoms with E-state index in [2.05, 4.69) is 0 Å². The number of carbonyl (C=O) groups is 2. The predicted molar refractivity (Wildman–Crippen MR) is 168 cm³/mol. The van der Waals surface area contributed by atoms with Gasteiger partial charge in [0.2, 0.25) is 0 Å². The number of allylic oxidation sites excluding steroid dienone is 2. The SMILES string of the molecule is CC/C=C(\C/C=C\CN(C(=N)c1ccc(OCc2cccc(C(=O)N3CCC(O)CC3)c2)cc1F)C1CCCCC1)C(=O)O. The summed E-state index contributed by atoms with van der Waals surface area (Å²) in [5, 5.41) is 28.0. The molecule has 0 spiro atoms. The number of nitrogens with zero attached hydrogens (tertiary/aromatic N) is 2. The third kappa shape index (κ3) is 9.02. The summed E-state index contributed by atoms with van der Waals surface area (Å²) in [4.78, 5) is 28.0. The quantitative estimate of drug-likeness (QED) is 0.113. The minimum absolute atomic E-state index is 0.0789. The van der Waals surface area contributed by atoms with Crippen molar-refractivity contribution in [3.05, 3.63) is 88.8 Å². The molecular formula is C35H44FN3O5. The van der Waals surface area contributed by atoms with E-state index < -0.39 is 11.8 Å². The average molecular weight is 606 g/mol. The lowest BCUT2D eigenvalue weighted by Gasteiger charge is -2.35. The molecule has 2 fully saturated rings. The number of hydrogen-bond donors (Lipinski definition) is 3. The number of nitrogens with one attached hydrogen (secondary N) is 1. The minimum Gasteiger partial charge on any atom is -0.489 e. The molecule has 0 unspecified atom stereocenters. The molecule has 2 aliphatic rings. The Morgan fingerprint density at radius 1 is 1.07 bits per heavy atom. The second-order valence-electron chi connectivity index (χ2n) is 11.6. The van der Waals surface area contributed by atoms with Crippen molar-refractivity contribution in [2.45, 2.75) is 83.5 Å². The van der Waals surface area contributed by atoms with E-state index in [1.165, 1.54) is 6.07 Å². The standard InChI is InChI=1S/C35H44FN3O5/c1-2-9-26(35(42)43)11-6-7-19-39(28-13-4-3-5-14-28)33(37)31-16-15-30(23-32(31)36)44-24-25-10-8-12-27(22-25)34(41)38-20-17-29(40)18-21-38/h6-10,12,15-16,22-23,28-29,37,40H,2-5,11,13-14,17-21,24H2,1H3,(H,42,43)/b7-6-,26-9+,37-33?. The fourth-order valence-electron chi connectivity index (χ4n) is 5.86. The zero-order chi connectivity index (χ0) is 31.5. The number of carbonyl (C=O) groups excluding carboxylic acids is 1. The molecule has 1 amide bonds. The van der Waals surface area contributed by atoms with E-state index in [9.17, 15) is 19.8 Å². The third-order valence-electron chi connectivity index (χ3n) is 8.36. The number of aliphatic hydroxyl groups is 1. The number of amidine groups is 1. The summed E-state index contributed by atoms with van der Waals surface area (Å²) in [6.07, 6.45) is 12.2. The van der Waals surface area contributed by atoms with Gasteiger partial charge in [-0.25, -0.2) is 9.18 Å². The number of ether oxygens (including phenoxy) is 1. The summed E-state index contributed by atoms with van der Waals surface area (Å²) >= 11 is 0. The first kappa shape index (κ1) is 32.9. The van der Waals surface area contributed by atoms with Crippen molar-refractivity contribution in [2.24, 2.45) is 0 Å². The van der Waals surface area contributed by atoms with Crippen LogP contribution in [-0.4, -0.2) is 69.5 Å². The molecule has 0 radical (unpaired) electrons. The van der Waals surface area contributed by atoms with Gasteiger partial charge in [0, 0.05) is 42.9 Å². The van der Waals surface area contributed by atoms with E-state index in [4.69, 9.17) is 10.1 Å². The Kier molecular flexibility index (Phi) is 12.1. The maximum atomic E-state index is 15.4. The molecule has 2 aromatic rings. The zero-order valence-corrected chi connectivity index (χ0v) is 25.5. The molecule has 1 saturated carbocycles. The largest absolute Gasteiger partial charge is 0.489 e. The molecule has 44 heavy (non-hydrogen) atoms. The summed E-state index contributed by atoms with van der Waals surface area (Å²) in [5.41, 5.74) is 1.86. The van der Waals surface area contributed by atoms with Gasteiger partial charge in [-0.15, -0.1) is 0 Å². The summed E-state index contributed by atoms with van der Waals surface area (Å²) in [6.45, 7) is 3.50. The van der Waals surface area contributed by atoms with Crippen LogP contribution in [0.5, 0.6) is 5.75 Å². The van der Waals surface area contributed by atoms with Crippen molar-refractivity contribution < 1.29 is 28.9 Å². The van der Waals surface area contributed by atoms with Crippen molar-refractivity contribution in [2.75, 3.05) is 19.6 Å². The molecule has 1 heterocycles. The fourth-order valence-corrected chi connectivity index (χ4v) is 5.86. The maximum Gasteiger partial charge on any atom is 0.331 e. The number of halogens is 1. The first-order valence-corrected chi connectivity index (χ1v) is 15.7. The lowest BCUT2D eigenvalue weighted by atomic mass is 9.93. The maximum absolute atomic E-state index is 15.4. The number of carboxylic acid groups (broad SMARTS) is 1. The number of likely N-dealkylation sites (tertiary alicyclic amines) is 1. The van der Waals surface area contributed by atoms with Crippen LogP contribution in [0, 0.1) is 11.2 Å². The van der Waals surface area contributed by atoms with Crippen LogP contribution >= 0.6 is 0 Å². The molecule has 4 rings (SSSR count). The Labute approximate surface area is 259 Å². The van der Waals surface area contributed by atoms with Gasteiger partial charge in [0.25, 0.3) is 5.91 Å². The molecule has 236 valence electrons. The van der Waals surface area contributed by atoms with Crippen molar-refractivity contribution in [1.82, 2.24) is 9.80 Å². The van der Waals surface area contributed by atoms with Gasteiger partial charge in [-0.3, -0.25) is 10.2 Å². The first-order chi connectivity index (χ1) is 21.3. The molecule has 0 atom stereocenters. The molecular weight excluding hydrogens is 561 g/mol. The van der Waals surface area contributed by atoms with Crippen LogP contribution in [0.1, 0.15) is 86.2 Å². The molecule has 3 N–H and O–H groups in total. The van der Waals surface area contributed by atoms with E-state index in [0.717, 1.165) is 37.7 Å². The van der Waals surface area contributed by atoms with Gasteiger partial charge in [-0.05, 0) is 68.4 Å². The summed E-state index contributed by atoms with van der Waals surface area (Å²) < 4.78 is 21.3. The van der Waals surface area contributed by atoms with E-state index in [0.29, 0.717) is 62.2 Å². The highest BCUT2D eigenvalue weighted by molar-refractivity contribution is 5.97. The number of aliphatic carboxylic acids is 1. The van der Waals surface area contributed by atoms with E-state index >= 15 is 4.39 Å². The van der Waals surface area contributed by atoms with Crippen molar-refractivity contribution in [1.29, 1.82) is 5.41 Å². The average Bonchev–Trinajstić information content (AvgIpc) is 3.03. The smallest absolute Gasteiger partial charge is 0.331 e. The Hall–Kier alpha value is -3.98. The zero-order valence-electron chi connectivity index (χ0n) is 25.5. The topological polar surface area (TPSA) is 114 Å². The second-order valence-corrected chi connectivity index (χ2v) is 11.6. The van der Waals surface area contributed by atoms with E-state index in [1.54, 1.807) is 41.3 Å². The fraction of sp³-hybridized carbons (Fsp3) is 0.457. The lowest BCUT2D eigenvalue weighted by molar-refractivity contribution is -0.132. The van der Waals surface area contributed by atoms with Gasteiger partial charge in [0.05, 0.1) is 11.7 Å². The summed E-state index contributed by atoms with van der Waals surface area (Å²) in [7, 11) is 0. The monoisotopic (exact) mass is 605 g/mol. The highest BCUT2D eigenvalue weighted by Gasteiger charge is 2.25. The highest BCUT2D eigenvalue weighted by atomic mass is 19.1. The van der Waals surface area contributed by atoms with Crippen LogP contribution in [0.4, 0.5) is 4.39 Å². The lowest BCUT2D eigenvalue weighted by Crippen LogP contribution is -2.42. The van der Waals surface area contributed by atoms with Gasteiger partial charge < -0.3 is 24.7 Å². The van der Waals surface area contributed by atoms with Gasteiger partial charge in [-0.2, -0.15) is 0 Å². The Balaban J connectivity index is 1.40. The van der Waals surface area contributed by atoms with Gasteiger partial charge >= 0.3 is 5.97 Å². The third-order valence-corrected chi connectivity index (χ3v) is 8.36. The number of amides is 1. The Bertz CT molecular complexity index is 1360. The second kappa shape index (κ2) is 16.2. The number of hydrogen-bond acceptors (Lipinski definition) is 5. The van der Waals surface area contributed by atoms with E-state index in [1.807, 2.05) is 30.0 Å². The van der Waals surface area contributed by atoms with Gasteiger partial charge in [0.15, 0.2) is 0 Å². The molecule has 0 aromatic heterocycles. The molecule has 9 heteroatoms. The normalized spacial score (nSPS) is 16.7. The van der Waals surface area contributed by atoms with Crippen LogP contribution in [0.25, 0.3) is 0 Å². The molecule has 1 saturated heterocycles. The van der Waals surface area contributed by atoms with Crippen LogP contribution < -0.4 is 4.74 Å². The summed E-state index contributed by atoms with van der Waals surface area (Å²) in [6, 6.07) is 11.8. The molecule has 2 aromatic carbocycles. The van der Waals surface area contributed by atoms with E-state index in [-0.39, 0.29) is 36.1 Å². The minimum atomic E-state index is -0.932. The van der Waals surface area contributed by atoms with Crippen LogP contribution in [0.3, 0.4) is 0 Å². The Morgan fingerprint density at radius 3 is 2.50 bits per heavy atom. The number of rotatable bonds is 12. The predicted octanol–water partition coefficient (Wildman–Crippen LogP) is 6.33. The number of piperidine rings is 1. The Morgan fingerprint density at radius 2 is 1.82 bits per heavy atom. The van der Waals surface area contributed by atoms with Gasteiger partial charge in [-0.1, -0.05) is 56.5 Å². The van der Waals surface area contributed by atoms with Crippen molar-refractivity contribution in [3.63, 3.8) is 0 Å². The number of carboxylic acids is 1. The van der Waals surface area contributed by atoms with Crippen LogP contribution in [-0.2, 0) is 11.4 Å². The van der Waals surface area contributed by atoms with Crippen LogP contribution in [0.2, 0.25) is 0 Å². The summed E-state index contributed by atoms with van der Waals surface area (Å²) in [5.74, 6) is -1.13. The molecule has 1 aliphatic heterocycles. The van der Waals surface area contributed by atoms with Gasteiger partial charge in [0.1, 0.15) is 24.0 Å². The highest BCUT2D eigenvalue weighted by Crippen LogP contribution is 2.26. The first-order valence-electron chi connectivity index (χ1n) is 15.7.